The van der Waals surface area contributed by atoms with E-state index in [1.165, 1.54) is 0 Å². The minimum atomic E-state index is -0.525. The van der Waals surface area contributed by atoms with Gasteiger partial charge in [0.1, 0.15) is 17.7 Å². The maximum absolute atomic E-state index is 10.6. The van der Waals surface area contributed by atoms with Gasteiger partial charge in [0.05, 0.1) is 0 Å². The highest BCUT2D eigenvalue weighted by Gasteiger charge is 2.29. The zero-order valence-corrected chi connectivity index (χ0v) is 13.6. The van der Waals surface area contributed by atoms with Crippen LogP contribution in [0.15, 0.2) is 35.2 Å². The summed E-state index contributed by atoms with van der Waals surface area (Å²) < 4.78 is 2.87. The van der Waals surface area contributed by atoms with Crippen molar-refractivity contribution in [1.29, 1.82) is 0 Å². The fraction of sp³-hybridized carbons (Fsp3) is 0.467. The van der Waals surface area contributed by atoms with Crippen LogP contribution in [0.1, 0.15) is 24.8 Å². The van der Waals surface area contributed by atoms with E-state index >= 15 is 0 Å². The topological polar surface area (TPSA) is 54.2 Å². The molecule has 1 aliphatic rings. The molecule has 0 radical (unpaired) electrons. The van der Waals surface area contributed by atoms with Crippen molar-refractivity contribution in [2.45, 2.75) is 18.9 Å². The quantitative estimate of drug-likeness (QED) is 0.923. The van der Waals surface area contributed by atoms with Crippen LogP contribution in [0.25, 0.3) is 0 Å². The van der Waals surface area contributed by atoms with Crippen LogP contribution in [0.5, 0.6) is 0 Å². The number of anilines is 1. The van der Waals surface area contributed by atoms with Gasteiger partial charge in [0.25, 0.3) is 0 Å². The summed E-state index contributed by atoms with van der Waals surface area (Å²) in [4.78, 5) is 11.0. The van der Waals surface area contributed by atoms with Gasteiger partial charge >= 0.3 is 0 Å². The highest BCUT2D eigenvalue weighted by Crippen LogP contribution is 2.30. The Morgan fingerprint density at radius 3 is 2.90 bits per heavy atom. The summed E-state index contributed by atoms with van der Waals surface area (Å²) in [6, 6.07) is 4.01. The van der Waals surface area contributed by atoms with Crippen molar-refractivity contribution in [2.75, 3.05) is 18.0 Å². The van der Waals surface area contributed by atoms with Crippen LogP contribution in [0.2, 0.25) is 0 Å². The van der Waals surface area contributed by atoms with Crippen LogP contribution in [0.3, 0.4) is 0 Å². The molecule has 3 heterocycles. The van der Waals surface area contributed by atoms with Gasteiger partial charge in [-0.2, -0.15) is 0 Å². The SMILES string of the molecule is Cn1ccnc1C(O)C1CCCN(c2ccc(Br)cn2)C1. The van der Waals surface area contributed by atoms with E-state index in [2.05, 4.69) is 30.8 Å². The van der Waals surface area contributed by atoms with Crippen LogP contribution in [-0.2, 0) is 7.05 Å². The number of rotatable bonds is 3. The van der Waals surface area contributed by atoms with Gasteiger partial charge in [-0.1, -0.05) is 0 Å². The van der Waals surface area contributed by atoms with E-state index in [-0.39, 0.29) is 5.92 Å². The molecule has 0 saturated carbocycles. The maximum atomic E-state index is 10.6. The van der Waals surface area contributed by atoms with Crippen LogP contribution in [0, 0.1) is 5.92 Å². The second kappa shape index (κ2) is 6.15. The molecule has 0 aliphatic carbocycles. The van der Waals surface area contributed by atoms with E-state index in [1.807, 2.05) is 36.1 Å². The van der Waals surface area contributed by atoms with E-state index in [4.69, 9.17) is 0 Å². The van der Waals surface area contributed by atoms with Crippen molar-refractivity contribution in [3.8, 4) is 0 Å². The number of hydrogen-bond donors (Lipinski definition) is 1. The monoisotopic (exact) mass is 350 g/mol. The van der Waals surface area contributed by atoms with Crippen molar-refractivity contribution in [3.05, 3.63) is 41.0 Å². The lowest BCUT2D eigenvalue weighted by atomic mass is 9.92. The predicted molar refractivity (Wildman–Crippen MR) is 85.0 cm³/mol. The third-order valence-electron chi connectivity index (χ3n) is 4.06. The first-order valence-corrected chi connectivity index (χ1v) is 7.96. The van der Waals surface area contributed by atoms with Crippen molar-refractivity contribution in [2.24, 2.45) is 13.0 Å². The van der Waals surface area contributed by atoms with Crippen LogP contribution in [-0.4, -0.2) is 32.7 Å². The molecule has 2 atom stereocenters. The van der Waals surface area contributed by atoms with Crippen molar-refractivity contribution < 1.29 is 5.11 Å². The molecular weight excluding hydrogens is 332 g/mol. The molecule has 2 aromatic rings. The number of aromatic nitrogens is 3. The number of piperidine rings is 1. The Hall–Kier alpha value is -1.40. The van der Waals surface area contributed by atoms with E-state index < -0.39 is 6.10 Å². The van der Waals surface area contributed by atoms with Gasteiger partial charge in [-0.05, 0) is 40.9 Å². The normalized spacial score (nSPS) is 20.5. The fourth-order valence-corrected chi connectivity index (χ4v) is 3.14. The third-order valence-corrected chi connectivity index (χ3v) is 4.53. The zero-order valence-electron chi connectivity index (χ0n) is 12.0. The standard InChI is InChI=1S/C15H19BrN4O/c1-19-8-6-17-15(19)14(21)11-3-2-7-20(10-11)13-5-4-12(16)9-18-13/h4-6,8-9,11,14,21H,2-3,7,10H2,1H3. The Morgan fingerprint density at radius 2 is 2.24 bits per heavy atom. The lowest BCUT2D eigenvalue weighted by Gasteiger charge is -2.35. The van der Waals surface area contributed by atoms with E-state index in [9.17, 15) is 5.11 Å². The van der Waals surface area contributed by atoms with Crippen molar-refractivity contribution in [1.82, 2.24) is 14.5 Å². The van der Waals surface area contributed by atoms with E-state index in [0.29, 0.717) is 0 Å². The Kier molecular flexibility index (Phi) is 4.26. The van der Waals surface area contributed by atoms with Crippen molar-refractivity contribution >= 4 is 21.7 Å². The highest BCUT2D eigenvalue weighted by molar-refractivity contribution is 9.10. The Bertz CT molecular complexity index is 598. The smallest absolute Gasteiger partial charge is 0.137 e. The largest absolute Gasteiger partial charge is 0.385 e. The molecule has 2 unspecified atom stereocenters. The molecule has 1 fully saturated rings. The lowest BCUT2D eigenvalue weighted by molar-refractivity contribution is 0.0874. The van der Waals surface area contributed by atoms with E-state index in [0.717, 1.165) is 42.0 Å². The van der Waals surface area contributed by atoms with E-state index in [1.54, 1.807) is 6.20 Å². The molecule has 1 saturated heterocycles. The summed E-state index contributed by atoms with van der Waals surface area (Å²) in [6.07, 6.45) is 6.97. The summed E-state index contributed by atoms with van der Waals surface area (Å²) in [5.74, 6) is 1.89. The summed E-state index contributed by atoms with van der Waals surface area (Å²) in [5.41, 5.74) is 0. The number of halogens is 1. The van der Waals surface area contributed by atoms with Gasteiger partial charge in [0.2, 0.25) is 0 Å². The van der Waals surface area contributed by atoms with Crippen LogP contribution >= 0.6 is 15.9 Å². The number of nitrogens with zero attached hydrogens (tertiary/aromatic N) is 4. The molecule has 1 aliphatic heterocycles. The lowest BCUT2D eigenvalue weighted by Crippen LogP contribution is -2.38. The van der Waals surface area contributed by atoms with Crippen LogP contribution in [0.4, 0.5) is 5.82 Å². The molecule has 1 N–H and O–H groups in total. The summed E-state index contributed by atoms with van der Waals surface area (Å²) >= 11 is 3.41. The van der Waals surface area contributed by atoms with Gasteiger partial charge < -0.3 is 14.6 Å². The van der Waals surface area contributed by atoms with Gasteiger partial charge in [-0.15, -0.1) is 0 Å². The molecule has 0 spiro atoms. The average Bonchev–Trinajstić information content (AvgIpc) is 2.93. The molecular formula is C15H19BrN4O. The minimum absolute atomic E-state index is 0.185. The zero-order chi connectivity index (χ0) is 14.8. The molecule has 21 heavy (non-hydrogen) atoms. The van der Waals surface area contributed by atoms with Gasteiger partial charge in [0.15, 0.2) is 0 Å². The molecule has 3 rings (SSSR count). The summed E-state index contributed by atoms with van der Waals surface area (Å²) in [7, 11) is 1.92. The number of hydrogen-bond acceptors (Lipinski definition) is 4. The summed E-state index contributed by atoms with van der Waals surface area (Å²) in [6.45, 7) is 1.79. The first kappa shape index (κ1) is 14.5. The minimum Gasteiger partial charge on any atom is -0.385 e. The number of aliphatic hydroxyl groups is 1. The van der Waals surface area contributed by atoms with Gasteiger partial charge in [-0.3, -0.25) is 0 Å². The van der Waals surface area contributed by atoms with Gasteiger partial charge in [0, 0.05) is 49.1 Å². The number of aryl methyl sites for hydroxylation is 1. The highest BCUT2D eigenvalue weighted by atomic mass is 79.9. The molecule has 2 aromatic heterocycles. The molecule has 0 bridgehead atoms. The Labute approximate surface area is 132 Å². The van der Waals surface area contributed by atoms with Crippen molar-refractivity contribution in [3.63, 3.8) is 0 Å². The molecule has 6 heteroatoms. The first-order valence-electron chi connectivity index (χ1n) is 7.17. The number of pyridine rings is 1. The summed E-state index contributed by atoms with van der Waals surface area (Å²) in [5, 5.41) is 10.6. The fourth-order valence-electron chi connectivity index (χ4n) is 2.90. The average molecular weight is 351 g/mol. The predicted octanol–water partition coefficient (Wildman–Crippen LogP) is 2.53. The second-order valence-corrected chi connectivity index (χ2v) is 6.44. The Morgan fingerprint density at radius 1 is 1.38 bits per heavy atom. The third kappa shape index (κ3) is 3.11. The van der Waals surface area contributed by atoms with Gasteiger partial charge in [-0.25, -0.2) is 9.97 Å². The van der Waals surface area contributed by atoms with Crippen LogP contribution < -0.4 is 4.90 Å². The molecule has 112 valence electrons. The molecule has 0 aromatic carbocycles. The second-order valence-electron chi connectivity index (χ2n) is 5.52. The number of aliphatic hydroxyl groups excluding tert-OH is 1. The first-order chi connectivity index (χ1) is 10.1. The molecule has 5 nitrogen and oxygen atoms in total. The maximum Gasteiger partial charge on any atom is 0.137 e. The number of imidazole rings is 1. The Balaban J connectivity index is 1.74. The molecule has 0 amide bonds.